The second-order valence-electron chi connectivity index (χ2n) is 3.95. The van der Waals surface area contributed by atoms with Gasteiger partial charge in [-0.2, -0.15) is 0 Å². The second kappa shape index (κ2) is 6.20. The lowest BCUT2D eigenvalue weighted by atomic mass is 10.2. The highest BCUT2D eigenvalue weighted by atomic mass is 16.5. The summed E-state index contributed by atoms with van der Waals surface area (Å²) < 4.78 is 10.2. The van der Waals surface area contributed by atoms with E-state index in [0.717, 1.165) is 11.3 Å². The number of furan rings is 1. The average molecular weight is 254 g/mol. The van der Waals surface area contributed by atoms with E-state index in [-0.39, 0.29) is 12.4 Å². The fourth-order valence-corrected chi connectivity index (χ4v) is 1.57. The summed E-state index contributed by atoms with van der Waals surface area (Å²) >= 11 is 0. The summed E-state index contributed by atoms with van der Waals surface area (Å²) in [6.45, 7) is 3.83. The molecule has 0 bridgehead atoms. The number of ether oxygens (including phenoxy) is 1. The van der Waals surface area contributed by atoms with Gasteiger partial charge in [0.05, 0.1) is 6.61 Å². The van der Waals surface area contributed by atoms with E-state index >= 15 is 0 Å². The lowest BCUT2D eigenvalue weighted by molar-refractivity contribution is -0.121. The molecule has 0 aliphatic rings. The summed E-state index contributed by atoms with van der Waals surface area (Å²) in [5, 5.41) is 2.47. The Balaban J connectivity index is 2.77. The molecule has 0 spiro atoms. The van der Waals surface area contributed by atoms with Gasteiger partial charge in [-0.05, 0) is 18.6 Å². The third-order valence-corrected chi connectivity index (χ3v) is 2.55. The molecule has 2 amide bonds. The fourth-order valence-electron chi connectivity index (χ4n) is 1.57. The van der Waals surface area contributed by atoms with Gasteiger partial charge in [-0.15, -0.1) is 0 Å². The standard InChI is InChI=1S/C12H18N2O4/c1-4-9-7(2)5-10(18-9)12(16)14-8(6-17-3)11(13)15/h5,8H,4,6H2,1-3H3,(H2,13,15)(H,14,16)/t8-/m1/s1. The molecule has 18 heavy (non-hydrogen) atoms. The maximum absolute atomic E-state index is 11.8. The molecule has 1 rings (SSSR count). The predicted molar refractivity (Wildman–Crippen MR) is 65.1 cm³/mol. The average Bonchev–Trinajstić information content (AvgIpc) is 2.69. The van der Waals surface area contributed by atoms with Crippen LogP contribution in [0.2, 0.25) is 0 Å². The number of nitrogens with one attached hydrogen (secondary N) is 1. The van der Waals surface area contributed by atoms with Crippen molar-refractivity contribution in [3.63, 3.8) is 0 Å². The summed E-state index contributed by atoms with van der Waals surface area (Å²) in [4.78, 5) is 22.9. The Morgan fingerprint density at radius 1 is 1.56 bits per heavy atom. The molecule has 3 N–H and O–H groups in total. The molecular weight excluding hydrogens is 236 g/mol. The first-order valence-electron chi connectivity index (χ1n) is 5.68. The molecule has 1 aromatic rings. The predicted octanol–water partition coefficient (Wildman–Crippen LogP) is 0.381. The molecule has 1 heterocycles. The van der Waals surface area contributed by atoms with Crippen LogP contribution in [0, 0.1) is 6.92 Å². The van der Waals surface area contributed by atoms with Crippen molar-refractivity contribution in [2.24, 2.45) is 5.73 Å². The van der Waals surface area contributed by atoms with Crippen molar-refractivity contribution in [2.45, 2.75) is 26.3 Å². The highest BCUT2D eigenvalue weighted by Gasteiger charge is 2.21. The maximum Gasteiger partial charge on any atom is 0.287 e. The van der Waals surface area contributed by atoms with Gasteiger partial charge in [0, 0.05) is 13.5 Å². The third-order valence-electron chi connectivity index (χ3n) is 2.55. The molecule has 0 radical (unpaired) electrons. The van der Waals surface area contributed by atoms with Crippen LogP contribution < -0.4 is 11.1 Å². The molecule has 0 aliphatic heterocycles. The molecular formula is C12H18N2O4. The van der Waals surface area contributed by atoms with Crippen LogP contribution >= 0.6 is 0 Å². The van der Waals surface area contributed by atoms with Crippen LogP contribution in [0.3, 0.4) is 0 Å². The van der Waals surface area contributed by atoms with Gasteiger partial charge in [-0.25, -0.2) is 0 Å². The van der Waals surface area contributed by atoms with E-state index in [1.807, 2.05) is 13.8 Å². The van der Waals surface area contributed by atoms with E-state index in [2.05, 4.69) is 5.32 Å². The summed E-state index contributed by atoms with van der Waals surface area (Å²) in [6, 6.07) is 0.775. The number of methoxy groups -OCH3 is 1. The lowest BCUT2D eigenvalue weighted by Crippen LogP contribution is -2.47. The monoisotopic (exact) mass is 254 g/mol. The van der Waals surface area contributed by atoms with Crippen molar-refractivity contribution >= 4 is 11.8 Å². The van der Waals surface area contributed by atoms with Crippen LogP contribution in [-0.4, -0.2) is 31.6 Å². The smallest absolute Gasteiger partial charge is 0.287 e. The molecule has 0 aliphatic carbocycles. The Kier molecular flexibility index (Phi) is 4.91. The van der Waals surface area contributed by atoms with Crippen LogP contribution in [0.15, 0.2) is 10.5 Å². The minimum Gasteiger partial charge on any atom is -0.456 e. The van der Waals surface area contributed by atoms with Gasteiger partial charge in [-0.1, -0.05) is 6.92 Å². The molecule has 0 unspecified atom stereocenters. The van der Waals surface area contributed by atoms with E-state index in [9.17, 15) is 9.59 Å². The molecule has 6 heteroatoms. The first-order chi connectivity index (χ1) is 8.49. The highest BCUT2D eigenvalue weighted by molar-refractivity contribution is 5.95. The molecule has 100 valence electrons. The molecule has 0 saturated heterocycles. The van der Waals surface area contributed by atoms with Crippen molar-refractivity contribution in [1.29, 1.82) is 0 Å². The quantitative estimate of drug-likeness (QED) is 0.767. The van der Waals surface area contributed by atoms with E-state index in [4.69, 9.17) is 14.9 Å². The van der Waals surface area contributed by atoms with Gasteiger partial charge < -0.3 is 20.2 Å². The van der Waals surface area contributed by atoms with E-state index in [1.54, 1.807) is 6.07 Å². The number of carbonyl (C=O) groups is 2. The number of hydrogen-bond acceptors (Lipinski definition) is 4. The van der Waals surface area contributed by atoms with Gasteiger partial charge in [0.2, 0.25) is 5.91 Å². The van der Waals surface area contributed by atoms with Gasteiger partial charge in [0.1, 0.15) is 11.8 Å². The molecule has 0 fully saturated rings. The zero-order chi connectivity index (χ0) is 13.7. The second-order valence-corrected chi connectivity index (χ2v) is 3.95. The Labute approximate surface area is 105 Å². The minimum absolute atomic E-state index is 0.0292. The van der Waals surface area contributed by atoms with Crippen LogP contribution in [0.1, 0.15) is 28.8 Å². The lowest BCUT2D eigenvalue weighted by Gasteiger charge is -2.13. The van der Waals surface area contributed by atoms with Crippen LogP contribution in [0.25, 0.3) is 0 Å². The Hall–Kier alpha value is -1.82. The van der Waals surface area contributed by atoms with E-state index in [0.29, 0.717) is 6.42 Å². The molecule has 6 nitrogen and oxygen atoms in total. The van der Waals surface area contributed by atoms with Crippen molar-refractivity contribution in [3.8, 4) is 0 Å². The Morgan fingerprint density at radius 3 is 2.67 bits per heavy atom. The zero-order valence-corrected chi connectivity index (χ0v) is 10.8. The molecule has 0 aromatic carbocycles. The third kappa shape index (κ3) is 3.33. The molecule has 0 saturated carbocycles. The number of carbonyl (C=O) groups excluding carboxylic acids is 2. The summed E-state index contributed by atoms with van der Waals surface area (Å²) in [6.07, 6.45) is 0.705. The van der Waals surface area contributed by atoms with Gasteiger partial charge in [-0.3, -0.25) is 9.59 Å². The topological polar surface area (TPSA) is 94.6 Å². The highest BCUT2D eigenvalue weighted by Crippen LogP contribution is 2.15. The number of rotatable bonds is 6. The van der Waals surface area contributed by atoms with Crippen LogP contribution in [0.5, 0.6) is 0 Å². The van der Waals surface area contributed by atoms with Crippen LogP contribution in [0.4, 0.5) is 0 Å². The zero-order valence-electron chi connectivity index (χ0n) is 10.8. The van der Waals surface area contributed by atoms with Gasteiger partial charge in [0.25, 0.3) is 5.91 Å². The Bertz CT molecular complexity index is 439. The van der Waals surface area contributed by atoms with Crippen molar-refractivity contribution in [2.75, 3.05) is 13.7 Å². The normalized spacial score (nSPS) is 12.2. The Morgan fingerprint density at radius 2 is 2.22 bits per heavy atom. The summed E-state index contributed by atoms with van der Waals surface area (Å²) in [5.41, 5.74) is 6.05. The first kappa shape index (κ1) is 14.2. The number of amides is 2. The van der Waals surface area contributed by atoms with Gasteiger partial charge in [0.15, 0.2) is 5.76 Å². The maximum atomic E-state index is 11.8. The number of primary amides is 1. The SMILES string of the molecule is CCc1oc(C(=O)N[C@H](COC)C(N)=O)cc1C. The summed E-state index contributed by atoms with van der Waals surface area (Å²) in [7, 11) is 1.42. The molecule has 1 aromatic heterocycles. The minimum atomic E-state index is -0.863. The van der Waals surface area contributed by atoms with E-state index in [1.165, 1.54) is 7.11 Å². The largest absolute Gasteiger partial charge is 0.456 e. The fraction of sp³-hybridized carbons (Fsp3) is 0.500. The number of aryl methyl sites for hydroxylation is 2. The van der Waals surface area contributed by atoms with Crippen molar-refractivity contribution in [3.05, 3.63) is 23.2 Å². The van der Waals surface area contributed by atoms with Crippen molar-refractivity contribution < 1.29 is 18.7 Å². The number of nitrogens with two attached hydrogens (primary N) is 1. The molecule has 1 atom stereocenters. The van der Waals surface area contributed by atoms with E-state index < -0.39 is 17.9 Å². The first-order valence-corrected chi connectivity index (χ1v) is 5.68. The number of hydrogen-bond donors (Lipinski definition) is 2. The summed E-state index contributed by atoms with van der Waals surface area (Å²) in [5.74, 6) is -0.197. The van der Waals surface area contributed by atoms with Crippen LogP contribution in [-0.2, 0) is 16.0 Å². The van der Waals surface area contributed by atoms with Gasteiger partial charge >= 0.3 is 0 Å². The van der Waals surface area contributed by atoms with Crippen molar-refractivity contribution in [1.82, 2.24) is 5.32 Å².